The molecule has 1 aromatic heterocycles. The van der Waals surface area contributed by atoms with Gasteiger partial charge in [-0.2, -0.15) is 0 Å². The SMILES string of the molecule is CC#CCn1ccc2c(C(=O)O)cccc21. The zero-order valence-corrected chi connectivity index (χ0v) is 8.90. The highest BCUT2D eigenvalue weighted by atomic mass is 16.4. The van der Waals surface area contributed by atoms with Crippen molar-refractivity contribution in [1.82, 2.24) is 4.57 Å². The molecule has 2 aromatic rings. The molecule has 2 rings (SSSR count). The highest BCUT2D eigenvalue weighted by Gasteiger charge is 2.09. The lowest BCUT2D eigenvalue weighted by atomic mass is 10.1. The second-order valence-corrected chi connectivity index (χ2v) is 3.41. The molecule has 0 radical (unpaired) electrons. The molecule has 3 nitrogen and oxygen atoms in total. The van der Waals surface area contributed by atoms with Gasteiger partial charge in [0.15, 0.2) is 0 Å². The summed E-state index contributed by atoms with van der Waals surface area (Å²) in [5.74, 6) is 4.88. The predicted octanol–water partition coefficient (Wildman–Crippen LogP) is 2.36. The Labute approximate surface area is 93.3 Å². The van der Waals surface area contributed by atoms with Crippen LogP contribution in [0.3, 0.4) is 0 Å². The Morgan fingerprint density at radius 3 is 2.94 bits per heavy atom. The van der Waals surface area contributed by atoms with Crippen LogP contribution in [0, 0.1) is 11.8 Å². The molecule has 0 atom stereocenters. The molecule has 0 unspecified atom stereocenters. The van der Waals surface area contributed by atoms with Crippen molar-refractivity contribution < 1.29 is 9.90 Å². The van der Waals surface area contributed by atoms with Gasteiger partial charge in [-0.3, -0.25) is 0 Å². The number of rotatable bonds is 2. The van der Waals surface area contributed by atoms with E-state index in [0.717, 1.165) is 10.9 Å². The molecule has 1 N–H and O–H groups in total. The molecule has 0 spiro atoms. The maximum atomic E-state index is 11.0. The van der Waals surface area contributed by atoms with Gasteiger partial charge < -0.3 is 9.67 Å². The third-order valence-electron chi connectivity index (χ3n) is 2.47. The summed E-state index contributed by atoms with van der Waals surface area (Å²) in [5.41, 5.74) is 1.24. The molecule has 1 aromatic carbocycles. The second-order valence-electron chi connectivity index (χ2n) is 3.41. The van der Waals surface area contributed by atoms with E-state index in [9.17, 15) is 4.79 Å². The summed E-state index contributed by atoms with van der Waals surface area (Å²) >= 11 is 0. The van der Waals surface area contributed by atoms with E-state index in [1.54, 1.807) is 19.1 Å². The number of hydrogen-bond donors (Lipinski definition) is 1. The van der Waals surface area contributed by atoms with Crippen LogP contribution in [0.5, 0.6) is 0 Å². The fourth-order valence-electron chi connectivity index (χ4n) is 1.71. The molecular weight excluding hydrogens is 202 g/mol. The smallest absolute Gasteiger partial charge is 0.336 e. The Hall–Kier alpha value is -2.21. The summed E-state index contributed by atoms with van der Waals surface area (Å²) in [4.78, 5) is 11.0. The van der Waals surface area contributed by atoms with Crippen molar-refractivity contribution in [2.75, 3.05) is 0 Å². The summed E-state index contributed by atoms with van der Waals surface area (Å²) in [5, 5.41) is 9.79. The van der Waals surface area contributed by atoms with Crippen molar-refractivity contribution in [1.29, 1.82) is 0 Å². The van der Waals surface area contributed by atoms with Gasteiger partial charge in [-0.05, 0) is 25.1 Å². The summed E-state index contributed by atoms with van der Waals surface area (Å²) in [6.07, 6.45) is 1.86. The molecule has 0 bridgehead atoms. The molecule has 16 heavy (non-hydrogen) atoms. The average Bonchev–Trinajstić information content (AvgIpc) is 2.69. The second kappa shape index (κ2) is 4.11. The Balaban J connectivity index is 2.59. The summed E-state index contributed by atoms with van der Waals surface area (Å²) in [6.45, 7) is 2.37. The number of carboxylic acid groups (broad SMARTS) is 1. The molecule has 0 aliphatic heterocycles. The van der Waals surface area contributed by atoms with Gasteiger partial charge in [-0.1, -0.05) is 12.0 Å². The van der Waals surface area contributed by atoms with E-state index in [0.29, 0.717) is 12.1 Å². The largest absolute Gasteiger partial charge is 0.478 e. The number of carboxylic acids is 1. The molecule has 0 amide bonds. The summed E-state index contributed by atoms with van der Waals surface area (Å²) in [7, 11) is 0. The number of aromatic nitrogens is 1. The minimum absolute atomic E-state index is 0.334. The standard InChI is InChI=1S/C13H11NO2/c1-2-3-8-14-9-7-10-11(13(15)16)5-4-6-12(10)14/h4-7,9H,8H2,1H3,(H,15,16). The van der Waals surface area contributed by atoms with Crippen molar-refractivity contribution in [3.63, 3.8) is 0 Å². The number of hydrogen-bond acceptors (Lipinski definition) is 1. The van der Waals surface area contributed by atoms with E-state index in [1.165, 1.54) is 0 Å². The normalized spacial score (nSPS) is 9.81. The minimum Gasteiger partial charge on any atom is -0.478 e. The van der Waals surface area contributed by atoms with Crippen LogP contribution >= 0.6 is 0 Å². The molecule has 0 saturated heterocycles. The van der Waals surface area contributed by atoms with E-state index in [2.05, 4.69) is 11.8 Å². The third kappa shape index (κ3) is 1.66. The summed E-state index contributed by atoms with van der Waals surface area (Å²) < 4.78 is 1.94. The number of aromatic carboxylic acids is 1. The molecule has 0 aliphatic rings. The average molecular weight is 213 g/mol. The first-order valence-electron chi connectivity index (χ1n) is 4.95. The lowest BCUT2D eigenvalue weighted by Gasteiger charge is -2.01. The van der Waals surface area contributed by atoms with Gasteiger partial charge in [0.05, 0.1) is 12.1 Å². The number of benzene rings is 1. The van der Waals surface area contributed by atoms with Crippen LogP contribution in [0.25, 0.3) is 10.9 Å². The number of nitrogens with zero attached hydrogens (tertiary/aromatic N) is 1. The molecule has 80 valence electrons. The van der Waals surface area contributed by atoms with Gasteiger partial charge >= 0.3 is 5.97 Å². The lowest BCUT2D eigenvalue weighted by molar-refractivity contribution is 0.0699. The van der Waals surface area contributed by atoms with Crippen LogP contribution in [-0.2, 0) is 6.54 Å². The van der Waals surface area contributed by atoms with Gasteiger partial charge in [0, 0.05) is 17.1 Å². The predicted molar refractivity (Wildman–Crippen MR) is 62.3 cm³/mol. The van der Waals surface area contributed by atoms with Crippen LogP contribution in [-0.4, -0.2) is 15.6 Å². The lowest BCUT2D eigenvalue weighted by Crippen LogP contribution is -1.98. The fraction of sp³-hybridized carbons (Fsp3) is 0.154. The van der Waals surface area contributed by atoms with Crippen molar-refractivity contribution >= 4 is 16.9 Å². The monoisotopic (exact) mass is 213 g/mol. The first-order chi connectivity index (χ1) is 7.74. The Morgan fingerprint density at radius 1 is 1.44 bits per heavy atom. The number of fused-ring (bicyclic) bond motifs is 1. The maximum absolute atomic E-state index is 11.0. The maximum Gasteiger partial charge on any atom is 0.336 e. The molecule has 0 fully saturated rings. The minimum atomic E-state index is -0.898. The van der Waals surface area contributed by atoms with E-state index >= 15 is 0 Å². The topological polar surface area (TPSA) is 42.2 Å². The molecule has 3 heteroatoms. The quantitative estimate of drug-likeness (QED) is 0.778. The van der Waals surface area contributed by atoms with E-state index in [-0.39, 0.29) is 0 Å². The van der Waals surface area contributed by atoms with Crippen LogP contribution < -0.4 is 0 Å². The molecular formula is C13H11NO2. The van der Waals surface area contributed by atoms with Crippen molar-refractivity contribution in [2.24, 2.45) is 0 Å². The Bertz CT molecular complexity index is 599. The van der Waals surface area contributed by atoms with Crippen LogP contribution in [0.1, 0.15) is 17.3 Å². The highest BCUT2D eigenvalue weighted by Crippen LogP contribution is 2.20. The van der Waals surface area contributed by atoms with E-state index in [1.807, 2.05) is 22.9 Å². The fourth-order valence-corrected chi connectivity index (χ4v) is 1.71. The van der Waals surface area contributed by atoms with Gasteiger partial charge in [0.2, 0.25) is 0 Å². The summed E-state index contributed by atoms with van der Waals surface area (Å²) in [6, 6.07) is 7.08. The van der Waals surface area contributed by atoms with Crippen molar-refractivity contribution in [3.8, 4) is 11.8 Å². The van der Waals surface area contributed by atoms with Gasteiger partial charge in [-0.25, -0.2) is 4.79 Å². The Kier molecular flexibility index (Phi) is 2.65. The van der Waals surface area contributed by atoms with Gasteiger partial charge in [0.25, 0.3) is 0 Å². The van der Waals surface area contributed by atoms with Crippen molar-refractivity contribution in [2.45, 2.75) is 13.5 Å². The van der Waals surface area contributed by atoms with Gasteiger partial charge in [-0.15, -0.1) is 5.92 Å². The molecule has 0 aliphatic carbocycles. The zero-order chi connectivity index (χ0) is 11.5. The van der Waals surface area contributed by atoms with Gasteiger partial charge in [0.1, 0.15) is 0 Å². The molecule has 1 heterocycles. The van der Waals surface area contributed by atoms with E-state index in [4.69, 9.17) is 5.11 Å². The third-order valence-corrected chi connectivity index (χ3v) is 2.47. The Morgan fingerprint density at radius 2 is 2.25 bits per heavy atom. The first kappa shape index (κ1) is 10.3. The first-order valence-corrected chi connectivity index (χ1v) is 4.95. The van der Waals surface area contributed by atoms with Crippen LogP contribution in [0.15, 0.2) is 30.5 Å². The highest BCUT2D eigenvalue weighted by molar-refractivity contribution is 6.02. The number of carbonyl (C=O) groups is 1. The van der Waals surface area contributed by atoms with Crippen LogP contribution in [0.2, 0.25) is 0 Å². The van der Waals surface area contributed by atoms with Crippen LogP contribution in [0.4, 0.5) is 0 Å². The van der Waals surface area contributed by atoms with Crippen molar-refractivity contribution in [3.05, 3.63) is 36.0 Å². The molecule has 0 saturated carbocycles. The zero-order valence-electron chi connectivity index (χ0n) is 8.90. The van der Waals surface area contributed by atoms with E-state index < -0.39 is 5.97 Å².